The van der Waals surface area contributed by atoms with Crippen LogP contribution >= 0.6 is 0 Å². The predicted octanol–water partition coefficient (Wildman–Crippen LogP) is 4.47. The average Bonchev–Trinajstić information content (AvgIpc) is 3.14. The summed E-state index contributed by atoms with van der Waals surface area (Å²) in [6.45, 7) is 2.54. The van der Waals surface area contributed by atoms with Crippen molar-refractivity contribution in [3.8, 4) is 17.2 Å². The first-order valence-corrected chi connectivity index (χ1v) is 11.9. The summed E-state index contributed by atoms with van der Waals surface area (Å²) in [6, 6.07) is 19.4. The van der Waals surface area contributed by atoms with Gasteiger partial charge in [0.2, 0.25) is 5.91 Å². The predicted molar refractivity (Wildman–Crippen MR) is 139 cm³/mol. The summed E-state index contributed by atoms with van der Waals surface area (Å²) < 4.78 is 16.1. The van der Waals surface area contributed by atoms with Gasteiger partial charge in [0.15, 0.2) is 11.5 Å². The van der Waals surface area contributed by atoms with Crippen molar-refractivity contribution in [1.29, 1.82) is 0 Å². The van der Waals surface area contributed by atoms with Gasteiger partial charge in [0.25, 0.3) is 5.91 Å². The second kappa shape index (κ2) is 11.5. The number of anilines is 2. The molecule has 0 bridgehead atoms. The largest absolute Gasteiger partial charge is 0.494 e. The summed E-state index contributed by atoms with van der Waals surface area (Å²) >= 11 is 0. The molecule has 1 fully saturated rings. The lowest BCUT2D eigenvalue weighted by molar-refractivity contribution is -0.124. The van der Waals surface area contributed by atoms with Crippen LogP contribution in [-0.2, 0) is 16.1 Å². The van der Waals surface area contributed by atoms with E-state index in [0.717, 1.165) is 10.5 Å². The summed E-state index contributed by atoms with van der Waals surface area (Å²) in [5.41, 5.74) is 1.74. The molecular weight excluding hydrogens is 474 g/mol. The number of hydrogen-bond acceptors (Lipinski definition) is 6. The molecule has 4 rings (SSSR count). The average molecular weight is 504 g/mol. The van der Waals surface area contributed by atoms with Gasteiger partial charge in [-0.05, 0) is 61.0 Å². The highest BCUT2D eigenvalue weighted by atomic mass is 16.5. The number of urea groups is 1. The van der Waals surface area contributed by atoms with Gasteiger partial charge in [0, 0.05) is 12.2 Å². The van der Waals surface area contributed by atoms with Crippen molar-refractivity contribution in [1.82, 2.24) is 4.90 Å². The first kappa shape index (κ1) is 25.6. The van der Waals surface area contributed by atoms with Crippen LogP contribution in [0.4, 0.5) is 16.2 Å². The van der Waals surface area contributed by atoms with Crippen molar-refractivity contribution in [3.05, 3.63) is 78.4 Å². The molecule has 0 spiro atoms. The van der Waals surface area contributed by atoms with E-state index in [1.807, 2.05) is 6.92 Å². The van der Waals surface area contributed by atoms with Crippen LogP contribution in [0.15, 0.2) is 72.8 Å². The summed E-state index contributed by atoms with van der Waals surface area (Å²) in [4.78, 5) is 42.4. The van der Waals surface area contributed by atoms with Crippen LogP contribution in [0, 0.1) is 0 Å². The molecule has 0 unspecified atom stereocenters. The highest BCUT2D eigenvalue weighted by Crippen LogP contribution is 2.32. The molecule has 1 aliphatic rings. The fraction of sp³-hybridized carbons (Fsp3) is 0.250. The van der Waals surface area contributed by atoms with Gasteiger partial charge >= 0.3 is 6.03 Å². The third-order valence-corrected chi connectivity index (χ3v) is 5.96. The quantitative estimate of drug-likeness (QED) is 0.410. The Kier molecular flexibility index (Phi) is 7.92. The molecule has 9 heteroatoms. The van der Waals surface area contributed by atoms with Crippen molar-refractivity contribution in [2.45, 2.75) is 25.9 Å². The SMILES string of the molecule is CCOc1ccc(NC(=O)C[C@@H]2C(=O)N(c3ccccc3)C(=O)N2Cc2ccc(OC)c(OC)c2)cc1. The molecule has 3 aromatic rings. The Morgan fingerprint density at radius 2 is 1.62 bits per heavy atom. The lowest BCUT2D eigenvalue weighted by Crippen LogP contribution is -2.37. The molecule has 0 saturated carbocycles. The minimum atomic E-state index is -0.983. The van der Waals surface area contributed by atoms with E-state index in [-0.39, 0.29) is 18.9 Å². The molecule has 192 valence electrons. The number of nitrogens with one attached hydrogen (secondary N) is 1. The Morgan fingerprint density at radius 3 is 2.27 bits per heavy atom. The van der Waals surface area contributed by atoms with E-state index in [4.69, 9.17) is 14.2 Å². The zero-order valence-electron chi connectivity index (χ0n) is 21.0. The molecule has 3 aromatic carbocycles. The standard InChI is InChI=1S/C28H29N3O6/c1-4-37-22-13-11-20(12-14-22)29-26(32)17-23-27(33)31(21-8-6-5-7-9-21)28(34)30(23)18-19-10-15-24(35-2)25(16-19)36-3/h5-16,23H,4,17-18H2,1-3H3,(H,29,32)/t23-/m1/s1. The van der Waals surface area contributed by atoms with E-state index in [2.05, 4.69) is 5.32 Å². The molecule has 1 aliphatic heterocycles. The monoisotopic (exact) mass is 503 g/mol. The molecule has 1 heterocycles. The second-order valence-electron chi connectivity index (χ2n) is 8.33. The molecule has 0 aliphatic carbocycles. The highest BCUT2D eigenvalue weighted by Gasteiger charge is 2.46. The van der Waals surface area contributed by atoms with Crippen LogP contribution < -0.4 is 24.4 Å². The maximum absolute atomic E-state index is 13.5. The number of ether oxygens (including phenoxy) is 3. The van der Waals surface area contributed by atoms with Crippen molar-refractivity contribution in [2.24, 2.45) is 0 Å². The number of nitrogens with zero attached hydrogens (tertiary/aromatic N) is 2. The third kappa shape index (κ3) is 5.66. The maximum Gasteiger partial charge on any atom is 0.332 e. The number of hydrogen-bond donors (Lipinski definition) is 1. The van der Waals surface area contributed by atoms with Crippen LogP contribution in [0.2, 0.25) is 0 Å². The molecule has 1 N–H and O–H groups in total. The number of benzene rings is 3. The Morgan fingerprint density at radius 1 is 0.919 bits per heavy atom. The number of carbonyl (C=O) groups is 3. The van der Waals surface area contributed by atoms with E-state index in [1.165, 1.54) is 19.1 Å². The lowest BCUT2D eigenvalue weighted by atomic mass is 10.1. The summed E-state index contributed by atoms with van der Waals surface area (Å²) in [5.74, 6) is 0.896. The topological polar surface area (TPSA) is 97.4 Å². The van der Waals surface area contributed by atoms with Crippen molar-refractivity contribution in [2.75, 3.05) is 31.0 Å². The van der Waals surface area contributed by atoms with Crippen molar-refractivity contribution in [3.63, 3.8) is 0 Å². The van der Waals surface area contributed by atoms with E-state index in [9.17, 15) is 14.4 Å². The molecule has 0 radical (unpaired) electrons. The van der Waals surface area contributed by atoms with Gasteiger partial charge in [0.05, 0.1) is 32.9 Å². The minimum Gasteiger partial charge on any atom is -0.494 e. The maximum atomic E-state index is 13.5. The van der Waals surface area contributed by atoms with Gasteiger partial charge in [-0.25, -0.2) is 9.69 Å². The first-order valence-electron chi connectivity index (χ1n) is 11.9. The summed E-state index contributed by atoms with van der Waals surface area (Å²) in [6.07, 6.45) is -0.200. The fourth-order valence-electron chi connectivity index (χ4n) is 4.19. The van der Waals surface area contributed by atoms with Crippen LogP contribution in [0.5, 0.6) is 17.2 Å². The molecule has 37 heavy (non-hydrogen) atoms. The van der Waals surface area contributed by atoms with E-state index in [1.54, 1.807) is 72.8 Å². The Bertz CT molecular complexity index is 1260. The summed E-state index contributed by atoms with van der Waals surface area (Å²) in [7, 11) is 3.06. The zero-order valence-corrected chi connectivity index (χ0v) is 21.0. The van der Waals surface area contributed by atoms with Gasteiger partial charge in [-0.1, -0.05) is 24.3 Å². The molecule has 4 amide bonds. The number of amides is 4. The Labute approximate surface area is 215 Å². The molecule has 9 nitrogen and oxygen atoms in total. The molecule has 0 aromatic heterocycles. The van der Waals surface area contributed by atoms with Crippen LogP contribution in [0.3, 0.4) is 0 Å². The normalized spacial score (nSPS) is 15.1. The van der Waals surface area contributed by atoms with Gasteiger partial charge in [0.1, 0.15) is 11.8 Å². The van der Waals surface area contributed by atoms with Crippen LogP contribution in [-0.4, -0.2) is 49.6 Å². The van der Waals surface area contributed by atoms with Gasteiger partial charge < -0.3 is 24.4 Å². The Hall–Kier alpha value is -4.53. The van der Waals surface area contributed by atoms with Crippen molar-refractivity contribution >= 4 is 29.2 Å². The molecular formula is C28H29N3O6. The third-order valence-electron chi connectivity index (χ3n) is 5.96. The van der Waals surface area contributed by atoms with Gasteiger partial charge in [-0.2, -0.15) is 0 Å². The highest BCUT2D eigenvalue weighted by molar-refractivity contribution is 6.22. The zero-order chi connectivity index (χ0) is 26.4. The van der Waals surface area contributed by atoms with Crippen LogP contribution in [0.1, 0.15) is 18.9 Å². The van der Waals surface area contributed by atoms with E-state index < -0.39 is 18.0 Å². The number of imide groups is 1. The number of para-hydroxylation sites is 1. The first-order chi connectivity index (χ1) is 17.9. The van der Waals surface area contributed by atoms with E-state index in [0.29, 0.717) is 35.2 Å². The Balaban J connectivity index is 1.58. The smallest absolute Gasteiger partial charge is 0.332 e. The van der Waals surface area contributed by atoms with Gasteiger partial charge in [-0.15, -0.1) is 0 Å². The van der Waals surface area contributed by atoms with Crippen LogP contribution in [0.25, 0.3) is 0 Å². The fourth-order valence-corrected chi connectivity index (χ4v) is 4.19. The molecule has 1 saturated heterocycles. The van der Waals surface area contributed by atoms with E-state index >= 15 is 0 Å². The minimum absolute atomic E-state index is 0.106. The summed E-state index contributed by atoms with van der Waals surface area (Å²) in [5, 5.41) is 2.81. The number of carbonyl (C=O) groups excluding carboxylic acids is 3. The molecule has 1 atom stereocenters. The lowest BCUT2D eigenvalue weighted by Gasteiger charge is -2.22. The second-order valence-corrected chi connectivity index (χ2v) is 8.33. The van der Waals surface area contributed by atoms with Gasteiger partial charge in [-0.3, -0.25) is 9.59 Å². The van der Waals surface area contributed by atoms with Crippen molar-refractivity contribution < 1.29 is 28.6 Å². The number of rotatable bonds is 10. The number of methoxy groups -OCH3 is 2.